The molecule has 150 valence electrons. The third kappa shape index (κ3) is 3.77. The minimum atomic E-state index is -0.749. The first-order valence-electron chi connectivity index (χ1n) is 9.08. The minimum absolute atomic E-state index is 0.0384. The number of rotatable bonds is 5. The molecule has 0 radical (unpaired) electrons. The number of halogens is 2. The van der Waals surface area contributed by atoms with Crippen LogP contribution in [-0.2, 0) is 9.59 Å². The van der Waals surface area contributed by atoms with Crippen LogP contribution in [0.1, 0.15) is 5.56 Å². The maximum Gasteiger partial charge on any atom is 0.281 e. The van der Waals surface area contributed by atoms with Gasteiger partial charge in [-0.1, -0.05) is 18.2 Å². The molecule has 0 atom stereocenters. The molecule has 30 heavy (non-hydrogen) atoms. The van der Waals surface area contributed by atoms with E-state index in [0.717, 1.165) is 23.1 Å². The Morgan fingerprint density at radius 3 is 2.10 bits per heavy atom. The van der Waals surface area contributed by atoms with Crippen molar-refractivity contribution in [1.82, 2.24) is 0 Å². The smallest absolute Gasteiger partial charge is 0.281 e. The first kappa shape index (κ1) is 19.3. The Balaban J connectivity index is 1.50. The molecule has 0 aromatic heterocycles. The molecule has 1 heterocycles. The van der Waals surface area contributed by atoms with Gasteiger partial charge in [-0.25, -0.2) is 13.7 Å². The van der Waals surface area contributed by atoms with Crippen molar-refractivity contribution in [1.29, 1.82) is 0 Å². The normalized spacial score (nSPS) is 13.4. The molecular weight excluding hydrogens is 390 g/mol. The zero-order valence-electron chi connectivity index (χ0n) is 15.9. The highest BCUT2D eigenvalue weighted by atomic mass is 19.1. The fourth-order valence-electron chi connectivity index (χ4n) is 2.97. The zero-order chi connectivity index (χ0) is 21.3. The van der Waals surface area contributed by atoms with E-state index in [0.29, 0.717) is 17.2 Å². The second kappa shape index (κ2) is 7.79. The van der Waals surface area contributed by atoms with E-state index < -0.39 is 23.4 Å². The molecule has 4 rings (SSSR count). The van der Waals surface area contributed by atoms with Crippen LogP contribution in [0.4, 0.5) is 20.2 Å². The van der Waals surface area contributed by atoms with Gasteiger partial charge in [0.05, 0.1) is 5.69 Å². The van der Waals surface area contributed by atoms with Crippen molar-refractivity contribution in [3.05, 3.63) is 95.7 Å². The maximum absolute atomic E-state index is 13.7. The molecule has 0 unspecified atom stereocenters. The molecule has 5 nitrogen and oxygen atoms in total. The second-order valence-electron chi connectivity index (χ2n) is 6.64. The SMILES string of the molecule is Cc1c(F)cc(NC2=CC(=O)N(c3ccc(Oc4ccccc4)cc3)C2=O)cc1F. The molecule has 0 spiro atoms. The van der Waals surface area contributed by atoms with Crippen LogP contribution in [0.5, 0.6) is 11.5 Å². The third-order valence-electron chi connectivity index (χ3n) is 4.56. The average molecular weight is 406 g/mol. The van der Waals surface area contributed by atoms with E-state index in [9.17, 15) is 18.4 Å². The van der Waals surface area contributed by atoms with E-state index in [1.807, 2.05) is 18.2 Å². The lowest BCUT2D eigenvalue weighted by atomic mass is 10.2. The number of benzene rings is 3. The highest BCUT2D eigenvalue weighted by Gasteiger charge is 2.32. The highest BCUT2D eigenvalue weighted by Crippen LogP contribution is 2.28. The van der Waals surface area contributed by atoms with Gasteiger partial charge >= 0.3 is 0 Å². The monoisotopic (exact) mass is 406 g/mol. The molecular formula is C23H16F2N2O3. The number of ether oxygens (including phenoxy) is 1. The van der Waals surface area contributed by atoms with Crippen molar-refractivity contribution >= 4 is 23.2 Å². The summed E-state index contributed by atoms with van der Waals surface area (Å²) in [6.07, 6.45) is 1.09. The molecule has 0 saturated heterocycles. The van der Waals surface area contributed by atoms with Gasteiger partial charge in [-0.3, -0.25) is 9.59 Å². The Bertz CT molecular complexity index is 1140. The number of nitrogens with zero attached hydrogens (tertiary/aromatic N) is 1. The molecule has 1 N–H and O–H groups in total. The molecule has 3 aromatic rings. The van der Waals surface area contributed by atoms with Crippen molar-refractivity contribution in [2.75, 3.05) is 10.2 Å². The molecule has 1 aliphatic heterocycles. The van der Waals surface area contributed by atoms with Crippen LogP contribution >= 0.6 is 0 Å². The zero-order valence-corrected chi connectivity index (χ0v) is 15.9. The maximum atomic E-state index is 13.7. The standard InChI is InChI=1S/C23H16F2N2O3/c1-14-19(24)11-15(12-20(14)25)26-21-13-22(28)27(23(21)29)16-7-9-18(10-8-16)30-17-5-3-2-4-6-17/h2-13,26H,1H3. The predicted octanol–water partition coefficient (Wildman–Crippen LogP) is 4.93. The van der Waals surface area contributed by atoms with Crippen molar-refractivity contribution in [3.8, 4) is 11.5 Å². The number of anilines is 2. The van der Waals surface area contributed by atoms with Gasteiger partial charge in [-0.15, -0.1) is 0 Å². The number of nitrogens with one attached hydrogen (secondary N) is 1. The predicted molar refractivity (Wildman–Crippen MR) is 108 cm³/mol. The summed E-state index contributed by atoms with van der Waals surface area (Å²) in [5, 5.41) is 2.62. The third-order valence-corrected chi connectivity index (χ3v) is 4.56. The number of hydrogen-bond acceptors (Lipinski definition) is 4. The summed E-state index contributed by atoms with van der Waals surface area (Å²) in [4.78, 5) is 26.0. The van der Waals surface area contributed by atoms with Crippen LogP contribution in [0.2, 0.25) is 0 Å². The van der Waals surface area contributed by atoms with E-state index in [1.165, 1.54) is 6.92 Å². The number of carbonyl (C=O) groups excluding carboxylic acids is 2. The van der Waals surface area contributed by atoms with Gasteiger partial charge in [0.1, 0.15) is 28.8 Å². The first-order valence-corrected chi connectivity index (χ1v) is 9.08. The van der Waals surface area contributed by atoms with Crippen LogP contribution < -0.4 is 15.0 Å². The first-order chi connectivity index (χ1) is 14.4. The summed E-state index contributed by atoms with van der Waals surface area (Å²) in [5.74, 6) is -1.49. The van der Waals surface area contributed by atoms with E-state index in [1.54, 1.807) is 36.4 Å². The number of para-hydroxylation sites is 1. The topological polar surface area (TPSA) is 58.6 Å². The minimum Gasteiger partial charge on any atom is -0.457 e. The van der Waals surface area contributed by atoms with Gasteiger partial charge in [-0.05, 0) is 55.5 Å². The largest absolute Gasteiger partial charge is 0.457 e. The van der Waals surface area contributed by atoms with E-state index in [2.05, 4.69) is 5.32 Å². The van der Waals surface area contributed by atoms with Gasteiger partial charge in [0.2, 0.25) is 0 Å². The molecule has 2 amide bonds. The van der Waals surface area contributed by atoms with Crippen LogP contribution in [-0.4, -0.2) is 11.8 Å². The second-order valence-corrected chi connectivity index (χ2v) is 6.64. The van der Waals surface area contributed by atoms with E-state index in [-0.39, 0.29) is 16.9 Å². The van der Waals surface area contributed by atoms with Gasteiger partial charge < -0.3 is 10.1 Å². The van der Waals surface area contributed by atoms with Crippen molar-refractivity contribution in [2.45, 2.75) is 6.92 Å². The Kier molecular flexibility index (Phi) is 5.02. The Morgan fingerprint density at radius 2 is 1.47 bits per heavy atom. The van der Waals surface area contributed by atoms with Crippen LogP contribution in [0.15, 0.2) is 78.5 Å². The molecule has 0 saturated carbocycles. The average Bonchev–Trinajstić information content (AvgIpc) is 3.00. The Labute approximate surface area is 171 Å². The van der Waals surface area contributed by atoms with Gasteiger partial charge in [-0.2, -0.15) is 0 Å². The lowest BCUT2D eigenvalue weighted by molar-refractivity contribution is -0.120. The fourth-order valence-corrected chi connectivity index (χ4v) is 2.97. The summed E-state index contributed by atoms with van der Waals surface area (Å²) >= 11 is 0. The number of carbonyl (C=O) groups is 2. The summed E-state index contributed by atoms with van der Waals surface area (Å²) in [6, 6.07) is 17.7. The van der Waals surface area contributed by atoms with Crippen LogP contribution in [0.25, 0.3) is 0 Å². The van der Waals surface area contributed by atoms with Gasteiger partial charge in [0.25, 0.3) is 11.8 Å². The number of amides is 2. The summed E-state index contributed by atoms with van der Waals surface area (Å²) in [6.45, 7) is 1.31. The summed E-state index contributed by atoms with van der Waals surface area (Å²) in [7, 11) is 0. The van der Waals surface area contributed by atoms with Gasteiger partial charge in [0, 0.05) is 17.3 Å². The highest BCUT2D eigenvalue weighted by molar-refractivity contribution is 6.31. The summed E-state index contributed by atoms with van der Waals surface area (Å²) < 4.78 is 33.2. The Hall–Kier alpha value is -4.00. The quantitative estimate of drug-likeness (QED) is 0.610. The number of hydrogen-bond donors (Lipinski definition) is 1. The molecule has 0 aliphatic carbocycles. The lowest BCUT2D eigenvalue weighted by Gasteiger charge is -2.16. The fraction of sp³-hybridized carbons (Fsp3) is 0.0435. The molecule has 1 aliphatic rings. The van der Waals surface area contributed by atoms with Crippen molar-refractivity contribution < 1.29 is 23.1 Å². The van der Waals surface area contributed by atoms with Crippen molar-refractivity contribution in [2.24, 2.45) is 0 Å². The lowest BCUT2D eigenvalue weighted by Crippen LogP contribution is -2.31. The number of imide groups is 1. The van der Waals surface area contributed by atoms with Crippen LogP contribution in [0.3, 0.4) is 0 Å². The Morgan fingerprint density at radius 1 is 0.867 bits per heavy atom. The van der Waals surface area contributed by atoms with Gasteiger partial charge in [0.15, 0.2) is 0 Å². The molecule has 0 bridgehead atoms. The molecule has 7 heteroatoms. The van der Waals surface area contributed by atoms with E-state index >= 15 is 0 Å². The molecule has 3 aromatic carbocycles. The van der Waals surface area contributed by atoms with Crippen molar-refractivity contribution in [3.63, 3.8) is 0 Å². The van der Waals surface area contributed by atoms with E-state index in [4.69, 9.17) is 4.74 Å². The van der Waals surface area contributed by atoms with Crippen LogP contribution in [0, 0.1) is 18.6 Å². The molecule has 0 fully saturated rings. The summed E-state index contributed by atoms with van der Waals surface area (Å²) in [5.41, 5.74) is 0.186.